The molecule has 2 aliphatic rings. The number of carbonyl (C=O) groups excluding carboxylic acids is 1. The number of guanidine groups is 2. The fourth-order valence-corrected chi connectivity index (χ4v) is 4.78. The third-order valence-electron chi connectivity index (χ3n) is 4.58. The van der Waals surface area contributed by atoms with Gasteiger partial charge in [0.2, 0.25) is 5.91 Å². The van der Waals surface area contributed by atoms with Crippen LogP contribution in [0.3, 0.4) is 0 Å². The summed E-state index contributed by atoms with van der Waals surface area (Å²) in [4.78, 5) is 26.1. The van der Waals surface area contributed by atoms with E-state index in [1.165, 1.54) is 23.6 Å². The van der Waals surface area contributed by atoms with Crippen molar-refractivity contribution in [3.8, 4) is 0 Å². The lowest BCUT2D eigenvalue weighted by atomic mass is 9.77. The van der Waals surface area contributed by atoms with Gasteiger partial charge in [-0.15, -0.1) is 11.8 Å². The van der Waals surface area contributed by atoms with Gasteiger partial charge in [0.05, 0.1) is 18.1 Å². The highest BCUT2D eigenvalue weighted by molar-refractivity contribution is 8.03. The number of rotatable bonds is 9. The van der Waals surface area contributed by atoms with Crippen molar-refractivity contribution < 1.29 is 19.8 Å². The van der Waals surface area contributed by atoms with Crippen molar-refractivity contribution in [3.63, 3.8) is 0 Å². The van der Waals surface area contributed by atoms with Crippen molar-refractivity contribution in [3.05, 3.63) is 10.6 Å². The van der Waals surface area contributed by atoms with Crippen molar-refractivity contribution in [1.82, 2.24) is 15.5 Å². The molecule has 2 heterocycles. The molecule has 12 heteroatoms. The number of amides is 1. The van der Waals surface area contributed by atoms with Crippen LogP contribution in [0.4, 0.5) is 0 Å². The van der Waals surface area contributed by atoms with Gasteiger partial charge in [0, 0.05) is 29.7 Å². The van der Waals surface area contributed by atoms with Gasteiger partial charge < -0.3 is 37.2 Å². The first-order chi connectivity index (χ1) is 12.7. The Labute approximate surface area is 160 Å². The number of hydrogen-bond acceptors (Lipinski definition) is 6. The van der Waals surface area contributed by atoms with E-state index in [0.29, 0.717) is 30.2 Å². The van der Waals surface area contributed by atoms with Gasteiger partial charge in [-0.25, -0.2) is 4.79 Å². The van der Waals surface area contributed by atoms with Crippen LogP contribution < -0.4 is 22.1 Å². The highest BCUT2D eigenvalue weighted by Crippen LogP contribution is 2.51. The Hall–Kier alpha value is -2.47. The second kappa shape index (κ2) is 8.48. The van der Waals surface area contributed by atoms with Crippen LogP contribution in [0.15, 0.2) is 10.6 Å². The van der Waals surface area contributed by atoms with E-state index in [4.69, 9.17) is 22.3 Å². The average molecular weight is 399 g/mol. The zero-order valence-corrected chi connectivity index (χ0v) is 15.7. The molecule has 1 fully saturated rings. The molecule has 150 valence electrons. The molecule has 27 heavy (non-hydrogen) atoms. The van der Waals surface area contributed by atoms with E-state index in [1.54, 1.807) is 0 Å². The van der Waals surface area contributed by atoms with E-state index < -0.39 is 29.9 Å². The summed E-state index contributed by atoms with van der Waals surface area (Å²) in [6, 6.07) is -0.430. The van der Waals surface area contributed by atoms with Crippen LogP contribution in [-0.2, 0) is 9.59 Å². The summed E-state index contributed by atoms with van der Waals surface area (Å²) >= 11 is 1.29. The molecule has 1 saturated heterocycles. The molecular formula is C15H25N7O4S. The number of thioether (sulfide) groups is 1. The smallest absolute Gasteiger partial charge is 0.353 e. The zero-order chi connectivity index (χ0) is 20.3. The third kappa shape index (κ3) is 4.27. The second-order valence-electron chi connectivity index (χ2n) is 6.41. The molecule has 2 aliphatic heterocycles. The number of hydrogen-bond donors (Lipinski definition) is 8. The molecule has 4 atom stereocenters. The van der Waals surface area contributed by atoms with E-state index in [-0.39, 0.29) is 23.5 Å². The van der Waals surface area contributed by atoms with Crippen molar-refractivity contribution in [1.29, 1.82) is 10.8 Å². The van der Waals surface area contributed by atoms with Gasteiger partial charge in [0.15, 0.2) is 11.9 Å². The van der Waals surface area contributed by atoms with Crippen molar-refractivity contribution in [2.75, 3.05) is 18.8 Å². The molecule has 0 spiro atoms. The first-order valence-electron chi connectivity index (χ1n) is 8.44. The van der Waals surface area contributed by atoms with E-state index in [9.17, 15) is 19.8 Å². The lowest BCUT2D eigenvalue weighted by Gasteiger charge is -2.47. The minimum Gasteiger partial charge on any atom is -0.477 e. The molecule has 0 bridgehead atoms. The molecule has 11 nitrogen and oxygen atoms in total. The first kappa shape index (κ1) is 20.8. The third-order valence-corrected chi connectivity index (χ3v) is 5.80. The molecule has 0 aromatic carbocycles. The first-order valence-corrected chi connectivity index (χ1v) is 9.42. The second-order valence-corrected chi connectivity index (χ2v) is 7.54. The summed E-state index contributed by atoms with van der Waals surface area (Å²) in [6.45, 7) is 2.23. The maximum atomic E-state index is 12.4. The Kier molecular flexibility index (Phi) is 6.54. The average Bonchev–Trinajstić information content (AvgIpc) is 2.81. The summed E-state index contributed by atoms with van der Waals surface area (Å²) in [5.74, 6) is -2.45. The van der Waals surface area contributed by atoms with Crippen molar-refractivity contribution in [2.45, 2.75) is 25.5 Å². The summed E-state index contributed by atoms with van der Waals surface area (Å²) < 4.78 is 0. The van der Waals surface area contributed by atoms with E-state index >= 15 is 0 Å². The quantitative estimate of drug-likeness (QED) is 0.0953. The normalized spacial score (nSPS) is 24.9. The molecule has 2 rings (SSSR count). The van der Waals surface area contributed by atoms with Crippen LogP contribution >= 0.6 is 11.8 Å². The Morgan fingerprint density at radius 3 is 2.41 bits per heavy atom. The van der Waals surface area contributed by atoms with Crippen molar-refractivity contribution in [2.24, 2.45) is 23.3 Å². The Balaban J connectivity index is 2.24. The van der Waals surface area contributed by atoms with Gasteiger partial charge in [-0.05, 0) is 13.3 Å². The number of nitrogens with one attached hydrogen (secondary N) is 4. The van der Waals surface area contributed by atoms with Crippen LogP contribution in [0.2, 0.25) is 0 Å². The monoisotopic (exact) mass is 399 g/mol. The van der Waals surface area contributed by atoms with E-state index in [0.717, 1.165) is 0 Å². The number of carboxylic acid groups (broad SMARTS) is 1. The van der Waals surface area contributed by atoms with Crippen LogP contribution in [0.25, 0.3) is 0 Å². The number of nitrogens with zero attached hydrogens (tertiary/aromatic N) is 1. The fraction of sp³-hybridized carbons (Fsp3) is 0.600. The van der Waals surface area contributed by atoms with Gasteiger partial charge in [-0.3, -0.25) is 15.6 Å². The van der Waals surface area contributed by atoms with Gasteiger partial charge in [0.25, 0.3) is 0 Å². The van der Waals surface area contributed by atoms with Crippen molar-refractivity contribution >= 4 is 35.6 Å². The van der Waals surface area contributed by atoms with Gasteiger partial charge in [0.1, 0.15) is 5.70 Å². The molecule has 0 unspecified atom stereocenters. The topological polar surface area (TPSA) is 202 Å². The number of carbonyl (C=O) groups is 2. The largest absolute Gasteiger partial charge is 0.477 e. The van der Waals surface area contributed by atoms with Gasteiger partial charge >= 0.3 is 5.97 Å². The number of nitrogens with two attached hydrogens (primary N) is 2. The maximum Gasteiger partial charge on any atom is 0.353 e. The van der Waals surface area contributed by atoms with E-state index in [2.05, 4.69) is 10.6 Å². The Morgan fingerprint density at radius 2 is 1.89 bits per heavy atom. The summed E-state index contributed by atoms with van der Waals surface area (Å²) in [6.07, 6.45) is -0.433. The lowest BCUT2D eigenvalue weighted by Crippen LogP contribution is -2.64. The molecule has 0 aromatic rings. The van der Waals surface area contributed by atoms with Crippen LogP contribution in [-0.4, -0.2) is 69.9 Å². The number of fused-ring (bicyclic) bond motifs is 1. The Morgan fingerprint density at radius 1 is 1.30 bits per heavy atom. The van der Waals surface area contributed by atoms with Gasteiger partial charge in [-0.1, -0.05) is 0 Å². The predicted octanol–water partition coefficient (Wildman–Crippen LogP) is -1.79. The molecule has 0 radical (unpaired) electrons. The summed E-state index contributed by atoms with van der Waals surface area (Å²) in [7, 11) is 0. The van der Waals surface area contributed by atoms with Crippen LogP contribution in [0.1, 0.15) is 13.3 Å². The lowest BCUT2D eigenvalue weighted by molar-refractivity contribution is -0.163. The SMILES string of the molecule is C[C@@H](O)[C@H]1C(=O)N2C(C(=O)O)=C(SCCNC(=N)N)[C@H](CCNC(=N)N)[C@H]12. The van der Waals surface area contributed by atoms with Crippen LogP contribution in [0, 0.1) is 22.7 Å². The van der Waals surface area contributed by atoms with Crippen LogP contribution in [0.5, 0.6) is 0 Å². The highest BCUT2D eigenvalue weighted by atomic mass is 32.2. The number of β-lactam (4-membered cyclic amide) rings is 1. The number of aliphatic hydroxyl groups is 1. The molecule has 1 amide bonds. The number of aliphatic carboxylic acids is 1. The minimum atomic E-state index is -1.19. The molecule has 0 aromatic heterocycles. The van der Waals surface area contributed by atoms with Gasteiger partial charge in [-0.2, -0.15) is 0 Å². The standard InChI is InChI=1S/C15H25N7O4S/c1-6(23)8-9-7(2-3-20-14(16)17)11(27-5-4-21-15(18)19)10(13(25)26)22(9)12(8)24/h6-9,23H,2-5H2,1H3,(H,25,26)(H4,16,17,20)(H4,18,19,21)/t6-,7-,8-,9-/m1/s1. The summed E-state index contributed by atoms with van der Waals surface area (Å²) in [5, 5.41) is 39.4. The molecule has 0 saturated carbocycles. The fourth-order valence-electron chi connectivity index (χ4n) is 3.56. The molecular weight excluding hydrogens is 374 g/mol. The molecule has 10 N–H and O–H groups in total. The predicted molar refractivity (Wildman–Crippen MR) is 101 cm³/mol. The minimum absolute atomic E-state index is 0.0532. The Bertz CT molecular complexity index is 681. The van der Waals surface area contributed by atoms with E-state index in [1.807, 2.05) is 0 Å². The maximum absolute atomic E-state index is 12.4. The highest BCUT2D eigenvalue weighted by Gasteiger charge is 2.60. The zero-order valence-electron chi connectivity index (χ0n) is 14.9. The molecule has 0 aliphatic carbocycles. The summed E-state index contributed by atoms with van der Waals surface area (Å²) in [5.41, 5.74) is 10.5. The number of aliphatic hydroxyl groups excluding tert-OH is 1. The number of carboxylic acids is 1.